The van der Waals surface area contributed by atoms with Crippen molar-refractivity contribution in [1.29, 1.82) is 0 Å². The standard InChI is InChI=1S/C37H51N3O9/c1-36(2,3)48-33(44)39(34(45)49-37(4,5)6)24-16-8-9-22-30(41)38-23-15-14-21-29(32(42)43)40(35(46)47-7)31-27-19-12-10-17-25(27)26-18-11-13-20-28(26)31/h10-13,17-20,29,31H,8-9,14-16,21-24H2,1-7H3,(H,38,41)(H,42,43). The van der Waals surface area contributed by atoms with Crippen LogP contribution in [0.15, 0.2) is 48.5 Å². The fourth-order valence-corrected chi connectivity index (χ4v) is 5.73. The van der Waals surface area contributed by atoms with E-state index in [1.54, 1.807) is 41.5 Å². The molecule has 2 N–H and O–H groups in total. The molecule has 12 heteroatoms. The van der Waals surface area contributed by atoms with E-state index >= 15 is 0 Å². The predicted molar refractivity (Wildman–Crippen MR) is 184 cm³/mol. The first kappa shape index (κ1) is 38.8. The van der Waals surface area contributed by atoms with E-state index in [1.807, 2.05) is 48.5 Å². The summed E-state index contributed by atoms with van der Waals surface area (Å²) in [6.45, 7) is 10.7. The molecule has 1 aliphatic carbocycles. The number of nitrogens with zero attached hydrogens (tertiary/aromatic N) is 2. The number of hydrogen-bond donors (Lipinski definition) is 2. The summed E-state index contributed by atoms with van der Waals surface area (Å²) in [5, 5.41) is 13.1. The minimum absolute atomic E-state index is 0.0941. The van der Waals surface area contributed by atoms with Gasteiger partial charge in [0.15, 0.2) is 0 Å². The normalized spacial score (nSPS) is 13.0. The Balaban J connectivity index is 1.48. The van der Waals surface area contributed by atoms with Gasteiger partial charge in [-0.2, -0.15) is 0 Å². The van der Waals surface area contributed by atoms with Gasteiger partial charge in [-0.25, -0.2) is 24.1 Å². The zero-order valence-corrected chi connectivity index (χ0v) is 29.7. The Morgan fingerprint density at radius 1 is 0.755 bits per heavy atom. The Kier molecular flexibility index (Phi) is 13.6. The number of carboxylic acid groups (broad SMARTS) is 1. The summed E-state index contributed by atoms with van der Waals surface area (Å²) in [5.74, 6) is -1.28. The molecule has 0 aromatic heterocycles. The highest BCUT2D eigenvalue weighted by Gasteiger charge is 2.42. The van der Waals surface area contributed by atoms with Crippen molar-refractivity contribution in [2.75, 3.05) is 20.2 Å². The Hall–Kier alpha value is -4.61. The van der Waals surface area contributed by atoms with Gasteiger partial charge in [0.1, 0.15) is 17.2 Å². The zero-order chi connectivity index (χ0) is 36.4. The highest BCUT2D eigenvalue weighted by molar-refractivity contribution is 5.88. The van der Waals surface area contributed by atoms with Gasteiger partial charge < -0.3 is 24.6 Å². The highest BCUT2D eigenvalue weighted by atomic mass is 16.6. The maximum absolute atomic E-state index is 13.1. The van der Waals surface area contributed by atoms with Crippen LogP contribution in [0, 0.1) is 0 Å². The van der Waals surface area contributed by atoms with E-state index in [0.29, 0.717) is 38.6 Å². The number of carboxylic acids is 1. The Morgan fingerprint density at radius 3 is 1.78 bits per heavy atom. The summed E-state index contributed by atoms with van der Waals surface area (Å²) >= 11 is 0. The summed E-state index contributed by atoms with van der Waals surface area (Å²) in [6, 6.07) is 13.5. The lowest BCUT2D eigenvalue weighted by atomic mass is 9.99. The largest absolute Gasteiger partial charge is 0.480 e. The van der Waals surface area contributed by atoms with Crippen LogP contribution in [0.2, 0.25) is 0 Å². The van der Waals surface area contributed by atoms with Gasteiger partial charge in [-0.15, -0.1) is 0 Å². The van der Waals surface area contributed by atoms with Crippen LogP contribution in [0.5, 0.6) is 0 Å². The summed E-state index contributed by atoms with van der Waals surface area (Å²) in [7, 11) is 1.24. The number of nitrogens with one attached hydrogen (secondary N) is 1. The molecule has 0 saturated heterocycles. The van der Waals surface area contributed by atoms with E-state index in [1.165, 1.54) is 12.0 Å². The molecule has 0 spiro atoms. The first-order chi connectivity index (χ1) is 23.0. The molecule has 0 fully saturated rings. The SMILES string of the molecule is COC(=O)N(C(CCCCNC(=O)CCCCCN(C(=O)OC(C)(C)C)C(=O)OC(C)(C)C)C(=O)O)C1c2ccccc2-c2ccccc21. The van der Waals surface area contributed by atoms with Gasteiger partial charge in [0.05, 0.1) is 13.2 Å². The number of carbonyl (C=O) groups is 5. The van der Waals surface area contributed by atoms with Crippen molar-refractivity contribution in [1.82, 2.24) is 15.1 Å². The lowest BCUT2D eigenvalue weighted by Gasteiger charge is -2.34. The maximum Gasteiger partial charge on any atom is 0.419 e. The molecule has 0 saturated carbocycles. The third-order valence-electron chi connectivity index (χ3n) is 7.83. The van der Waals surface area contributed by atoms with Gasteiger partial charge >= 0.3 is 24.2 Å². The van der Waals surface area contributed by atoms with Crippen LogP contribution in [0.25, 0.3) is 11.1 Å². The van der Waals surface area contributed by atoms with Crippen molar-refractivity contribution in [3.63, 3.8) is 0 Å². The number of amides is 4. The third-order valence-corrected chi connectivity index (χ3v) is 7.83. The molecule has 268 valence electrons. The first-order valence-electron chi connectivity index (χ1n) is 16.8. The van der Waals surface area contributed by atoms with Crippen LogP contribution in [-0.4, -0.2) is 82.5 Å². The monoisotopic (exact) mass is 681 g/mol. The number of rotatable bonds is 14. The molecule has 0 aliphatic heterocycles. The van der Waals surface area contributed by atoms with Crippen molar-refractivity contribution >= 4 is 30.2 Å². The molecular formula is C37H51N3O9. The van der Waals surface area contributed by atoms with Crippen molar-refractivity contribution in [3.8, 4) is 11.1 Å². The second kappa shape index (κ2) is 17.2. The van der Waals surface area contributed by atoms with Crippen molar-refractivity contribution in [2.24, 2.45) is 0 Å². The average Bonchev–Trinajstić information content (AvgIpc) is 3.33. The topological polar surface area (TPSA) is 152 Å². The fraction of sp³-hybridized carbons (Fsp3) is 0.541. The van der Waals surface area contributed by atoms with Crippen LogP contribution in [0.3, 0.4) is 0 Å². The second-order valence-electron chi connectivity index (χ2n) is 14.1. The maximum atomic E-state index is 13.1. The molecule has 1 atom stereocenters. The number of imide groups is 1. The quantitative estimate of drug-likeness (QED) is 0.155. The highest BCUT2D eigenvalue weighted by Crippen LogP contribution is 2.47. The molecule has 4 amide bonds. The molecule has 1 aliphatic rings. The molecule has 49 heavy (non-hydrogen) atoms. The van der Waals surface area contributed by atoms with Crippen LogP contribution >= 0.6 is 0 Å². The summed E-state index contributed by atoms with van der Waals surface area (Å²) < 4.78 is 15.8. The lowest BCUT2D eigenvalue weighted by Crippen LogP contribution is -2.47. The first-order valence-corrected chi connectivity index (χ1v) is 16.8. The molecule has 0 radical (unpaired) electrons. The Bertz CT molecular complexity index is 1400. The van der Waals surface area contributed by atoms with Gasteiger partial charge in [-0.3, -0.25) is 9.69 Å². The van der Waals surface area contributed by atoms with Crippen molar-refractivity contribution in [3.05, 3.63) is 59.7 Å². The molecule has 12 nitrogen and oxygen atoms in total. The molecule has 2 aromatic carbocycles. The van der Waals surface area contributed by atoms with Crippen LogP contribution < -0.4 is 5.32 Å². The number of carbonyl (C=O) groups excluding carboxylic acids is 4. The van der Waals surface area contributed by atoms with Crippen LogP contribution in [-0.2, 0) is 23.8 Å². The number of benzene rings is 2. The number of ether oxygens (including phenoxy) is 3. The third kappa shape index (κ3) is 11.2. The second-order valence-corrected chi connectivity index (χ2v) is 14.1. The molecule has 0 heterocycles. The number of unbranched alkanes of at least 4 members (excludes halogenated alkanes) is 3. The van der Waals surface area contributed by atoms with Gasteiger partial charge in [0.25, 0.3) is 0 Å². The van der Waals surface area contributed by atoms with Gasteiger partial charge in [0.2, 0.25) is 5.91 Å². The summed E-state index contributed by atoms with van der Waals surface area (Å²) in [4.78, 5) is 65.7. The Labute approximate surface area is 289 Å². The minimum Gasteiger partial charge on any atom is -0.480 e. The van der Waals surface area contributed by atoms with E-state index in [2.05, 4.69) is 5.32 Å². The van der Waals surface area contributed by atoms with E-state index in [9.17, 15) is 29.1 Å². The van der Waals surface area contributed by atoms with E-state index in [-0.39, 0.29) is 25.3 Å². The number of fused-ring (bicyclic) bond motifs is 3. The van der Waals surface area contributed by atoms with E-state index < -0.39 is 47.5 Å². The zero-order valence-electron chi connectivity index (χ0n) is 29.7. The molecule has 0 bridgehead atoms. The number of methoxy groups -OCH3 is 1. The lowest BCUT2D eigenvalue weighted by molar-refractivity contribution is -0.143. The van der Waals surface area contributed by atoms with E-state index in [4.69, 9.17) is 14.2 Å². The summed E-state index contributed by atoms with van der Waals surface area (Å²) in [6.07, 6.45) is 0.713. The molecule has 3 rings (SSSR count). The van der Waals surface area contributed by atoms with Gasteiger partial charge in [0, 0.05) is 19.5 Å². The molecule has 1 unspecified atom stereocenters. The van der Waals surface area contributed by atoms with Crippen LogP contribution in [0.1, 0.15) is 104 Å². The molecule has 2 aromatic rings. The van der Waals surface area contributed by atoms with Gasteiger partial charge in [-0.05, 0) is 95.9 Å². The van der Waals surface area contributed by atoms with Gasteiger partial charge in [-0.1, -0.05) is 55.0 Å². The molecular weight excluding hydrogens is 630 g/mol. The smallest absolute Gasteiger partial charge is 0.419 e. The van der Waals surface area contributed by atoms with Crippen molar-refractivity contribution < 1.29 is 43.3 Å². The predicted octanol–water partition coefficient (Wildman–Crippen LogP) is 7.30. The Morgan fingerprint density at radius 2 is 1.29 bits per heavy atom. The fourth-order valence-electron chi connectivity index (χ4n) is 5.73. The van der Waals surface area contributed by atoms with Crippen LogP contribution in [0.4, 0.5) is 14.4 Å². The van der Waals surface area contributed by atoms with Crippen molar-refractivity contribution in [2.45, 2.75) is 110 Å². The number of hydrogen-bond acceptors (Lipinski definition) is 8. The van der Waals surface area contributed by atoms with E-state index in [0.717, 1.165) is 27.2 Å². The summed E-state index contributed by atoms with van der Waals surface area (Å²) in [5.41, 5.74) is 2.03. The number of aliphatic carboxylic acids is 1. The minimum atomic E-state index is -1.15. The average molecular weight is 682 g/mol.